The predicted octanol–water partition coefficient (Wildman–Crippen LogP) is 3.02. The van der Waals surface area contributed by atoms with Gasteiger partial charge in [0.2, 0.25) is 5.91 Å². The first-order valence-electron chi connectivity index (χ1n) is 9.71. The second kappa shape index (κ2) is 9.91. The van der Waals surface area contributed by atoms with Crippen LogP contribution in [0.15, 0.2) is 17.5 Å². The number of amides is 3. The SMILES string of the molecule is CN(CC(=O)N[C@@H]1CCCC[C@@H]1CNC(=O)OC(C)(C)C)C(=O)c1cccs1. The fourth-order valence-electron chi connectivity index (χ4n) is 3.30. The third-order valence-corrected chi connectivity index (χ3v) is 5.48. The van der Waals surface area contributed by atoms with Gasteiger partial charge in [-0.3, -0.25) is 9.59 Å². The second-order valence-electron chi connectivity index (χ2n) is 8.24. The number of nitrogens with one attached hydrogen (secondary N) is 2. The molecule has 1 fully saturated rings. The van der Waals surface area contributed by atoms with Crippen LogP contribution in [0.4, 0.5) is 4.79 Å². The van der Waals surface area contributed by atoms with Crippen LogP contribution < -0.4 is 10.6 Å². The first-order chi connectivity index (χ1) is 13.2. The number of ether oxygens (including phenoxy) is 1. The normalized spacial score (nSPS) is 19.6. The van der Waals surface area contributed by atoms with Crippen molar-refractivity contribution in [1.29, 1.82) is 0 Å². The van der Waals surface area contributed by atoms with Gasteiger partial charge in [-0.1, -0.05) is 18.9 Å². The maximum absolute atomic E-state index is 12.5. The molecule has 1 heterocycles. The van der Waals surface area contributed by atoms with Crippen molar-refractivity contribution in [1.82, 2.24) is 15.5 Å². The van der Waals surface area contributed by atoms with Gasteiger partial charge in [-0.25, -0.2) is 4.79 Å². The summed E-state index contributed by atoms with van der Waals surface area (Å²) in [7, 11) is 1.63. The molecule has 0 radical (unpaired) electrons. The Morgan fingerprint density at radius 2 is 1.96 bits per heavy atom. The van der Waals surface area contributed by atoms with E-state index in [1.807, 2.05) is 32.2 Å². The van der Waals surface area contributed by atoms with Crippen molar-refractivity contribution in [3.05, 3.63) is 22.4 Å². The summed E-state index contributed by atoms with van der Waals surface area (Å²) < 4.78 is 5.28. The summed E-state index contributed by atoms with van der Waals surface area (Å²) in [5, 5.41) is 7.70. The summed E-state index contributed by atoms with van der Waals surface area (Å²) in [6.45, 7) is 5.95. The number of rotatable bonds is 6. The summed E-state index contributed by atoms with van der Waals surface area (Å²) in [5.74, 6) is -0.179. The molecule has 3 amide bonds. The lowest BCUT2D eigenvalue weighted by Gasteiger charge is -2.33. The average Bonchev–Trinajstić information content (AvgIpc) is 3.13. The Morgan fingerprint density at radius 3 is 2.61 bits per heavy atom. The highest BCUT2D eigenvalue weighted by atomic mass is 32.1. The molecule has 1 aliphatic rings. The van der Waals surface area contributed by atoms with E-state index in [9.17, 15) is 14.4 Å². The zero-order valence-electron chi connectivity index (χ0n) is 17.1. The largest absolute Gasteiger partial charge is 0.444 e. The van der Waals surface area contributed by atoms with Crippen molar-refractivity contribution in [2.45, 2.75) is 58.1 Å². The van der Waals surface area contributed by atoms with Crippen LogP contribution in [0.2, 0.25) is 0 Å². The molecule has 28 heavy (non-hydrogen) atoms. The minimum atomic E-state index is -0.538. The van der Waals surface area contributed by atoms with E-state index < -0.39 is 11.7 Å². The van der Waals surface area contributed by atoms with Crippen molar-refractivity contribution in [3.63, 3.8) is 0 Å². The van der Waals surface area contributed by atoms with Gasteiger partial charge in [-0.05, 0) is 51.0 Å². The number of alkyl carbamates (subject to hydrolysis) is 1. The van der Waals surface area contributed by atoms with Gasteiger partial charge in [-0.15, -0.1) is 11.3 Å². The summed E-state index contributed by atoms with van der Waals surface area (Å²) in [5.41, 5.74) is -0.538. The van der Waals surface area contributed by atoms with Crippen LogP contribution >= 0.6 is 11.3 Å². The predicted molar refractivity (Wildman–Crippen MR) is 109 cm³/mol. The molecule has 0 spiro atoms. The Balaban J connectivity index is 1.83. The summed E-state index contributed by atoms with van der Waals surface area (Å²) in [6, 6.07) is 3.55. The number of hydrogen-bond acceptors (Lipinski definition) is 5. The smallest absolute Gasteiger partial charge is 0.407 e. The molecule has 156 valence electrons. The Labute approximate surface area is 170 Å². The van der Waals surface area contributed by atoms with Crippen molar-refractivity contribution < 1.29 is 19.1 Å². The van der Waals surface area contributed by atoms with Gasteiger partial charge < -0.3 is 20.3 Å². The fraction of sp³-hybridized carbons (Fsp3) is 0.650. The molecule has 2 atom stereocenters. The van der Waals surface area contributed by atoms with Gasteiger partial charge in [0.25, 0.3) is 5.91 Å². The van der Waals surface area contributed by atoms with Gasteiger partial charge in [0.15, 0.2) is 0 Å². The number of thiophene rings is 1. The van der Waals surface area contributed by atoms with Crippen LogP contribution in [-0.2, 0) is 9.53 Å². The van der Waals surface area contributed by atoms with Crippen molar-refractivity contribution in [3.8, 4) is 0 Å². The van der Waals surface area contributed by atoms with E-state index >= 15 is 0 Å². The lowest BCUT2D eigenvalue weighted by Crippen LogP contribution is -2.49. The molecule has 1 saturated carbocycles. The molecule has 7 nitrogen and oxygen atoms in total. The number of carbonyl (C=O) groups is 3. The molecule has 0 bridgehead atoms. The molecule has 0 unspecified atom stereocenters. The molecule has 8 heteroatoms. The molecule has 0 saturated heterocycles. The number of likely N-dealkylation sites (N-methyl/N-ethyl adjacent to an activating group) is 1. The molecule has 1 aromatic rings. The highest BCUT2D eigenvalue weighted by Gasteiger charge is 2.28. The first kappa shape index (κ1) is 22.2. The highest BCUT2D eigenvalue weighted by molar-refractivity contribution is 7.12. The highest BCUT2D eigenvalue weighted by Crippen LogP contribution is 2.24. The Hall–Kier alpha value is -2.09. The van der Waals surface area contributed by atoms with E-state index in [4.69, 9.17) is 4.74 Å². The van der Waals surface area contributed by atoms with Crippen LogP contribution in [-0.4, -0.2) is 54.6 Å². The quantitative estimate of drug-likeness (QED) is 0.756. The van der Waals surface area contributed by atoms with Crippen LogP contribution in [0, 0.1) is 5.92 Å². The zero-order chi connectivity index (χ0) is 20.7. The van der Waals surface area contributed by atoms with E-state index in [2.05, 4.69) is 10.6 Å². The Morgan fingerprint density at radius 1 is 1.25 bits per heavy atom. The topological polar surface area (TPSA) is 87.7 Å². The summed E-state index contributed by atoms with van der Waals surface area (Å²) in [6.07, 6.45) is 3.48. The molecule has 0 aromatic carbocycles. The van der Waals surface area contributed by atoms with Gasteiger partial charge in [-0.2, -0.15) is 0 Å². The molecule has 2 rings (SSSR count). The first-order valence-corrected chi connectivity index (χ1v) is 10.6. The van der Waals surface area contributed by atoms with E-state index in [0.717, 1.165) is 25.7 Å². The van der Waals surface area contributed by atoms with Crippen LogP contribution in [0.5, 0.6) is 0 Å². The molecule has 2 N–H and O–H groups in total. The molecule has 1 aliphatic carbocycles. The maximum Gasteiger partial charge on any atom is 0.407 e. The number of hydrogen-bond donors (Lipinski definition) is 2. The Bertz CT molecular complexity index is 669. The van der Waals surface area contributed by atoms with Gasteiger partial charge in [0.05, 0.1) is 11.4 Å². The van der Waals surface area contributed by atoms with E-state index in [0.29, 0.717) is 11.4 Å². The van der Waals surface area contributed by atoms with Crippen LogP contribution in [0.1, 0.15) is 56.1 Å². The van der Waals surface area contributed by atoms with E-state index in [-0.39, 0.29) is 30.3 Å². The van der Waals surface area contributed by atoms with Crippen molar-refractivity contribution in [2.75, 3.05) is 20.1 Å². The number of carbonyl (C=O) groups excluding carboxylic acids is 3. The van der Waals surface area contributed by atoms with Crippen LogP contribution in [0.25, 0.3) is 0 Å². The minimum Gasteiger partial charge on any atom is -0.444 e. The summed E-state index contributed by atoms with van der Waals surface area (Å²) in [4.78, 5) is 38.7. The van der Waals surface area contributed by atoms with E-state index in [1.165, 1.54) is 16.2 Å². The molecular formula is C20H31N3O4S. The fourth-order valence-corrected chi connectivity index (χ4v) is 4.02. The summed E-state index contributed by atoms with van der Waals surface area (Å²) >= 11 is 1.36. The minimum absolute atomic E-state index is 0.0126. The second-order valence-corrected chi connectivity index (χ2v) is 9.19. The monoisotopic (exact) mass is 409 g/mol. The average molecular weight is 410 g/mol. The molecular weight excluding hydrogens is 378 g/mol. The van der Waals surface area contributed by atoms with Crippen LogP contribution in [0.3, 0.4) is 0 Å². The van der Waals surface area contributed by atoms with Crippen molar-refractivity contribution in [2.24, 2.45) is 5.92 Å². The molecule has 0 aliphatic heterocycles. The van der Waals surface area contributed by atoms with Gasteiger partial charge in [0.1, 0.15) is 5.60 Å². The maximum atomic E-state index is 12.5. The molecule has 1 aromatic heterocycles. The standard InChI is InChI=1S/C20H31N3O4S/c1-20(2,3)27-19(26)21-12-14-8-5-6-9-15(14)22-17(24)13-23(4)18(25)16-10-7-11-28-16/h7,10-11,14-15H,5-6,8-9,12-13H2,1-4H3,(H,21,26)(H,22,24)/t14-,15-/m1/s1. The number of nitrogens with zero attached hydrogens (tertiary/aromatic N) is 1. The zero-order valence-corrected chi connectivity index (χ0v) is 17.9. The lowest BCUT2D eigenvalue weighted by atomic mass is 9.84. The van der Waals surface area contributed by atoms with Gasteiger partial charge in [0, 0.05) is 19.6 Å². The van der Waals surface area contributed by atoms with Crippen molar-refractivity contribution >= 4 is 29.2 Å². The third-order valence-electron chi connectivity index (χ3n) is 4.62. The van der Waals surface area contributed by atoms with E-state index in [1.54, 1.807) is 13.1 Å². The Kier molecular flexibility index (Phi) is 7.86. The lowest BCUT2D eigenvalue weighted by molar-refractivity contribution is -0.122. The van der Waals surface area contributed by atoms with Gasteiger partial charge >= 0.3 is 6.09 Å². The third kappa shape index (κ3) is 7.14.